The van der Waals surface area contributed by atoms with Crippen LogP contribution in [0, 0.1) is 23.9 Å². The summed E-state index contributed by atoms with van der Waals surface area (Å²) < 4.78 is 29.0. The Labute approximate surface area is 290 Å². The van der Waals surface area contributed by atoms with Crippen LogP contribution in [0.5, 0.6) is 0 Å². The molecule has 0 unspecified atom stereocenters. The van der Waals surface area contributed by atoms with Crippen molar-refractivity contribution in [3.8, 4) is 22.5 Å². The van der Waals surface area contributed by atoms with Gasteiger partial charge in [-0.25, -0.2) is 4.39 Å². The van der Waals surface area contributed by atoms with Crippen LogP contribution in [0.1, 0.15) is 57.9 Å². The molecule has 3 aromatic carbocycles. The van der Waals surface area contributed by atoms with Gasteiger partial charge in [-0.15, -0.1) is 23.8 Å². The van der Waals surface area contributed by atoms with Crippen LogP contribution in [-0.4, -0.2) is 23.2 Å². The standard InChI is InChI=1S/C23H19FNO.C17H22GeN.Ir/c24-18-6-7-19-20-13-17(5-8-22(20)26-23(19)14-18)21-12-16(9-10-25-21)11-15-3-1-2-4-15;1-13(2)15-11-17(14-9-7-6-8-10-14)19-12-16(15)18(3,4)5;/h6-10,12-15H,1-4,11H2;6-9,11-13H,1-5H3;/q2*-1;/i;13D;. The summed E-state index contributed by atoms with van der Waals surface area (Å²) in [6.07, 6.45) is 10.4. The topological polar surface area (TPSA) is 38.9 Å². The molecule has 0 spiro atoms. The molecule has 1 fully saturated rings. The predicted molar refractivity (Wildman–Crippen MR) is 187 cm³/mol. The molecular formula is C40H41FGeIrN2O-2. The number of benzene rings is 3. The molecule has 3 nitrogen and oxygen atoms in total. The fraction of sp³-hybridized carbons (Fsp3) is 0.300. The molecule has 6 heteroatoms. The Bertz CT molecular complexity index is 1970. The quantitative estimate of drug-likeness (QED) is 0.124. The third-order valence-corrected chi connectivity index (χ3v) is 12.9. The largest absolute Gasteiger partial charge is 0 e. The molecule has 0 aliphatic heterocycles. The molecule has 0 bridgehead atoms. The van der Waals surface area contributed by atoms with E-state index in [1.54, 1.807) is 6.07 Å². The first-order chi connectivity index (χ1) is 22.0. The summed E-state index contributed by atoms with van der Waals surface area (Å²) in [6, 6.07) is 29.3. The van der Waals surface area contributed by atoms with Crippen molar-refractivity contribution < 1.29 is 30.3 Å². The summed E-state index contributed by atoms with van der Waals surface area (Å²) in [6.45, 7) is 3.91. The number of rotatable bonds is 6. The molecule has 0 N–H and O–H groups in total. The van der Waals surface area contributed by atoms with Gasteiger partial charge in [-0.05, 0) is 36.2 Å². The van der Waals surface area contributed by atoms with Gasteiger partial charge in [0.1, 0.15) is 11.4 Å². The van der Waals surface area contributed by atoms with Crippen LogP contribution in [0.3, 0.4) is 0 Å². The van der Waals surface area contributed by atoms with Crippen molar-refractivity contribution in [1.29, 1.82) is 0 Å². The van der Waals surface area contributed by atoms with Crippen molar-refractivity contribution >= 4 is 39.6 Å². The van der Waals surface area contributed by atoms with Crippen LogP contribution in [0.2, 0.25) is 17.3 Å². The first-order valence-electron chi connectivity index (χ1n) is 16.4. The molecule has 46 heavy (non-hydrogen) atoms. The van der Waals surface area contributed by atoms with Crippen LogP contribution in [0.4, 0.5) is 4.39 Å². The normalized spacial score (nSPS) is 14.1. The van der Waals surface area contributed by atoms with E-state index in [0.717, 1.165) is 56.8 Å². The van der Waals surface area contributed by atoms with Crippen molar-refractivity contribution in [2.24, 2.45) is 5.92 Å². The van der Waals surface area contributed by atoms with Crippen LogP contribution in [0.25, 0.3) is 44.5 Å². The molecule has 1 aliphatic carbocycles. The van der Waals surface area contributed by atoms with E-state index in [4.69, 9.17) is 5.79 Å². The van der Waals surface area contributed by atoms with E-state index < -0.39 is 19.2 Å². The van der Waals surface area contributed by atoms with Gasteiger partial charge >= 0.3 is 120 Å². The summed E-state index contributed by atoms with van der Waals surface area (Å²) in [5.74, 6) is 6.97. The number of fused-ring (bicyclic) bond motifs is 3. The average molecular weight is 851 g/mol. The summed E-state index contributed by atoms with van der Waals surface area (Å²) in [4.78, 5) is 9.17. The molecule has 1 aliphatic rings. The molecule has 239 valence electrons. The number of halogens is 1. The number of aromatic nitrogens is 2. The maximum Gasteiger partial charge on any atom is 0 e. The minimum Gasteiger partial charge on any atom is 0 e. The van der Waals surface area contributed by atoms with Crippen molar-refractivity contribution in [1.82, 2.24) is 9.97 Å². The molecule has 0 saturated heterocycles. The van der Waals surface area contributed by atoms with Crippen LogP contribution in [0.15, 0.2) is 89.6 Å². The molecule has 3 heterocycles. The van der Waals surface area contributed by atoms with Crippen molar-refractivity contribution in [2.75, 3.05) is 0 Å². The Kier molecular flexibility index (Phi) is 10.5. The predicted octanol–water partition coefficient (Wildman–Crippen LogP) is 10.5. The van der Waals surface area contributed by atoms with Gasteiger partial charge in [-0.2, -0.15) is 0 Å². The number of furan rings is 1. The van der Waals surface area contributed by atoms with Crippen molar-refractivity contribution in [3.05, 3.63) is 114 Å². The molecule has 6 aromatic rings. The Hall–Kier alpha value is -3.12. The molecule has 1 saturated carbocycles. The summed E-state index contributed by atoms with van der Waals surface area (Å²) in [7, 11) is 0. The Morgan fingerprint density at radius 2 is 1.70 bits per heavy atom. The van der Waals surface area contributed by atoms with E-state index in [-0.39, 0.29) is 25.9 Å². The summed E-state index contributed by atoms with van der Waals surface area (Å²) >= 11 is -2.03. The van der Waals surface area contributed by atoms with Gasteiger partial charge < -0.3 is 9.40 Å². The average Bonchev–Trinajstić information content (AvgIpc) is 3.67. The van der Waals surface area contributed by atoms with Gasteiger partial charge in [0.05, 0.1) is 5.58 Å². The molecule has 0 atom stereocenters. The molecule has 3 aromatic heterocycles. The van der Waals surface area contributed by atoms with Crippen LogP contribution >= 0.6 is 0 Å². The van der Waals surface area contributed by atoms with E-state index in [0.29, 0.717) is 5.58 Å². The van der Waals surface area contributed by atoms with Gasteiger partial charge in [0, 0.05) is 37.8 Å². The molecule has 0 amide bonds. The molecule has 1 radical (unpaired) electrons. The van der Waals surface area contributed by atoms with E-state index in [9.17, 15) is 4.39 Å². The smallest absolute Gasteiger partial charge is 0 e. The minimum atomic E-state index is -2.03. The van der Waals surface area contributed by atoms with E-state index >= 15 is 0 Å². The number of pyridine rings is 2. The summed E-state index contributed by atoms with van der Waals surface area (Å²) in [5, 5.41) is 1.88. The maximum absolute atomic E-state index is 13.4. The van der Waals surface area contributed by atoms with Crippen LogP contribution < -0.4 is 4.40 Å². The third kappa shape index (κ3) is 7.87. The van der Waals surface area contributed by atoms with E-state index in [2.05, 4.69) is 57.6 Å². The number of nitrogens with zero attached hydrogens (tertiary/aromatic N) is 2. The third-order valence-electron chi connectivity index (χ3n) is 8.70. The molecule has 7 rings (SSSR count). The Balaban J connectivity index is 0.000000188. The van der Waals surface area contributed by atoms with Gasteiger partial charge in [0.2, 0.25) is 0 Å². The fourth-order valence-corrected chi connectivity index (χ4v) is 9.62. The second kappa shape index (κ2) is 14.8. The van der Waals surface area contributed by atoms with Gasteiger partial charge in [-0.1, -0.05) is 42.7 Å². The van der Waals surface area contributed by atoms with Gasteiger partial charge in [0.25, 0.3) is 0 Å². The van der Waals surface area contributed by atoms with Crippen molar-refractivity contribution in [2.45, 2.75) is 69.1 Å². The Morgan fingerprint density at radius 3 is 2.41 bits per heavy atom. The van der Waals surface area contributed by atoms with Crippen LogP contribution in [-0.2, 0) is 26.5 Å². The summed E-state index contributed by atoms with van der Waals surface area (Å²) in [5.41, 5.74) is 7.52. The monoisotopic (exact) mass is 852 g/mol. The first kappa shape index (κ1) is 32.8. The zero-order valence-corrected chi connectivity index (χ0v) is 31.7. The first-order valence-corrected chi connectivity index (χ1v) is 23.3. The van der Waals surface area contributed by atoms with E-state index in [1.807, 2.05) is 62.6 Å². The SMILES string of the molecule is Fc1ccc2c(c1)oc1c[c-]c(-c3cc(CC4CCCC4)ccn3)cc12.[2H]C(C)(C)c1cc(-c2[c-]cccc2)nc[c]1[Ge]([CH3])([CH3])[CH3].[Ir]. The second-order valence-corrected chi connectivity index (χ2v) is 24.0. The Morgan fingerprint density at radius 1 is 0.913 bits per heavy atom. The minimum absolute atomic E-state index is 0. The second-order valence-electron chi connectivity index (χ2n) is 13.4. The number of hydrogen-bond donors (Lipinski definition) is 0. The fourth-order valence-electron chi connectivity index (χ4n) is 6.31. The van der Waals surface area contributed by atoms with Crippen molar-refractivity contribution in [3.63, 3.8) is 0 Å². The maximum atomic E-state index is 13.4. The van der Waals surface area contributed by atoms with Gasteiger partial charge in [0.15, 0.2) is 0 Å². The molecular weight excluding hydrogens is 808 g/mol. The number of hydrogen-bond acceptors (Lipinski definition) is 3. The zero-order chi connectivity index (χ0) is 32.5. The zero-order valence-electron chi connectivity index (χ0n) is 28.2. The van der Waals surface area contributed by atoms with E-state index in [1.165, 1.54) is 47.8 Å². The van der Waals surface area contributed by atoms with Gasteiger partial charge in [-0.3, -0.25) is 0 Å².